The summed E-state index contributed by atoms with van der Waals surface area (Å²) in [4.78, 5) is 22.9. The summed E-state index contributed by atoms with van der Waals surface area (Å²) in [6.07, 6.45) is 2.08. The molecule has 0 aliphatic carbocycles. The Labute approximate surface area is 107 Å². The molecule has 96 valence electrons. The topological polar surface area (TPSA) is 58.2 Å². The van der Waals surface area contributed by atoms with Crippen molar-refractivity contribution in [1.82, 2.24) is 5.32 Å². The molecule has 0 saturated carbocycles. The van der Waals surface area contributed by atoms with Crippen molar-refractivity contribution in [3.8, 4) is 0 Å². The molecule has 4 heteroatoms. The zero-order chi connectivity index (χ0) is 13.0. The molecule has 2 N–H and O–H groups in total. The standard InChI is InChI=1S/C14H18N2O2/c1-2-8-15-11-5-3-4-10(9-11)12-6-7-13(17)16-14(12)18/h3-5,9,12,15H,2,6-8H2,1H3,(H,16,17,18). The van der Waals surface area contributed by atoms with Crippen molar-refractivity contribution in [2.24, 2.45) is 0 Å². The van der Waals surface area contributed by atoms with Crippen molar-refractivity contribution in [2.45, 2.75) is 32.1 Å². The number of nitrogens with one attached hydrogen (secondary N) is 2. The zero-order valence-corrected chi connectivity index (χ0v) is 10.5. The highest BCUT2D eigenvalue weighted by molar-refractivity contribution is 6.01. The minimum atomic E-state index is -0.203. The van der Waals surface area contributed by atoms with Gasteiger partial charge >= 0.3 is 0 Å². The Balaban J connectivity index is 2.12. The first kappa shape index (κ1) is 12.6. The second-order valence-electron chi connectivity index (χ2n) is 4.56. The predicted octanol–water partition coefficient (Wildman–Crippen LogP) is 2.03. The lowest BCUT2D eigenvalue weighted by atomic mass is 9.90. The van der Waals surface area contributed by atoms with Crippen LogP contribution < -0.4 is 10.6 Å². The van der Waals surface area contributed by atoms with Gasteiger partial charge in [0, 0.05) is 18.7 Å². The summed E-state index contributed by atoms with van der Waals surface area (Å²) in [5.41, 5.74) is 2.00. The Bertz CT molecular complexity index is 457. The number of benzene rings is 1. The molecule has 1 unspecified atom stereocenters. The van der Waals surface area contributed by atoms with Gasteiger partial charge in [-0.3, -0.25) is 14.9 Å². The van der Waals surface area contributed by atoms with Crippen LogP contribution in [0.3, 0.4) is 0 Å². The number of imide groups is 1. The van der Waals surface area contributed by atoms with E-state index < -0.39 is 0 Å². The smallest absolute Gasteiger partial charge is 0.234 e. The second kappa shape index (κ2) is 5.67. The van der Waals surface area contributed by atoms with Crippen molar-refractivity contribution in [2.75, 3.05) is 11.9 Å². The fourth-order valence-electron chi connectivity index (χ4n) is 2.15. The van der Waals surface area contributed by atoms with Crippen LogP contribution in [0.4, 0.5) is 5.69 Å². The van der Waals surface area contributed by atoms with Gasteiger partial charge in [-0.25, -0.2) is 0 Å². The van der Waals surface area contributed by atoms with Gasteiger partial charge in [-0.2, -0.15) is 0 Å². The third kappa shape index (κ3) is 2.88. The van der Waals surface area contributed by atoms with Gasteiger partial charge in [0.25, 0.3) is 0 Å². The Hall–Kier alpha value is -1.84. The summed E-state index contributed by atoms with van der Waals surface area (Å²) in [5, 5.41) is 5.69. The molecule has 0 aromatic heterocycles. The molecule has 1 aliphatic rings. The summed E-state index contributed by atoms with van der Waals surface area (Å²) < 4.78 is 0. The number of rotatable bonds is 4. The molecule has 0 spiro atoms. The van der Waals surface area contributed by atoms with Crippen molar-refractivity contribution in [3.63, 3.8) is 0 Å². The van der Waals surface area contributed by atoms with Gasteiger partial charge in [-0.05, 0) is 30.5 Å². The highest BCUT2D eigenvalue weighted by Gasteiger charge is 2.27. The largest absolute Gasteiger partial charge is 0.385 e. The van der Waals surface area contributed by atoms with Crippen molar-refractivity contribution in [1.29, 1.82) is 0 Å². The van der Waals surface area contributed by atoms with E-state index in [0.717, 1.165) is 24.2 Å². The minimum Gasteiger partial charge on any atom is -0.385 e. The summed E-state index contributed by atoms with van der Waals surface area (Å²) >= 11 is 0. The Kier molecular flexibility index (Phi) is 3.97. The molecule has 1 fully saturated rings. The van der Waals surface area contributed by atoms with Gasteiger partial charge < -0.3 is 5.32 Å². The fourth-order valence-corrected chi connectivity index (χ4v) is 2.15. The molecule has 2 rings (SSSR count). The first-order chi connectivity index (χ1) is 8.70. The van der Waals surface area contributed by atoms with Crippen LogP contribution in [0.25, 0.3) is 0 Å². The molecule has 1 aliphatic heterocycles. The van der Waals surface area contributed by atoms with Crippen LogP contribution >= 0.6 is 0 Å². The maximum Gasteiger partial charge on any atom is 0.234 e. The number of carbonyl (C=O) groups excluding carboxylic acids is 2. The van der Waals surface area contributed by atoms with E-state index in [2.05, 4.69) is 17.6 Å². The summed E-state index contributed by atoms with van der Waals surface area (Å²) in [6.45, 7) is 3.02. The normalized spacial score (nSPS) is 19.5. The van der Waals surface area contributed by atoms with Crippen LogP contribution in [-0.2, 0) is 9.59 Å². The Morgan fingerprint density at radius 3 is 2.94 bits per heavy atom. The molecule has 0 bridgehead atoms. The number of anilines is 1. The van der Waals surface area contributed by atoms with Gasteiger partial charge in [0.2, 0.25) is 11.8 Å². The average molecular weight is 246 g/mol. The van der Waals surface area contributed by atoms with Gasteiger partial charge in [0.1, 0.15) is 0 Å². The highest BCUT2D eigenvalue weighted by atomic mass is 16.2. The number of carbonyl (C=O) groups is 2. The molecule has 0 radical (unpaired) electrons. The van der Waals surface area contributed by atoms with Crippen LogP contribution in [0.5, 0.6) is 0 Å². The monoisotopic (exact) mass is 246 g/mol. The van der Waals surface area contributed by atoms with Crippen LogP contribution in [0.1, 0.15) is 37.7 Å². The molecule has 1 aromatic rings. The Morgan fingerprint density at radius 2 is 2.22 bits per heavy atom. The molecule has 1 atom stereocenters. The molecular weight excluding hydrogens is 228 g/mol. The van der Waals surface area contributed by atoms with Crippen LogP contribution in [0.2, 0.25) is 0 Å². The van der Waals surface area contributed by atoms with E-state index in [0.29, 0.717) is 12.8 Å². The summed E-state index contributed by atoms with van der Waals surface area (Å²) in [5.74, 6) is -0.554. The lowest BCUT2D eigenvalue weighted by Crippen LogP contribution is -2.39. The van der Waals surface area contributed by atoms with Crippen LogP contribution in [0.15, 0.2) is 24.3 Å². The minimum absolute atomic E-state index is 0.170. The first-order valence-electron chi connectivity index (χ1n) is 6.38. The van der Waals surface area contributed by atoms with E-state index in [9.17, 15) is 9.59 Å². The summed E-state index contributed by atoms with van der Waals surface area (Å²) in [7, 11) is 0. The van der Waals surface area contributed by atoms with Crippen LogP contribution in [-0.4, -0.2) is 18.4 Å². The van der Waals surface area contributed by atoms with E-state index in [1.165, 1.54) is 0 Å². The van der Waals surface area contributed by atoms with E-state index in [1.54, 1.807) is 0 Å². The molecule has 1 aromatic carbocycles. The summed E-state index contributed by atoms with van der Waals surface area (Å²) in [6, 6.07) is 7.87. The van der Waals surface area contributed by atoms with Gasteiger partial charge in [-0.1, -0.05) is 19.1 Å². The van der Waals surface area contributed by atoms with Crippen molar-refractivity contribution in [3.05, 3.63) is 29.8 Å². The molecule has 1 saturated heterocycles. The van der Waals surface area contributed by atoms with Crippen molar-refractivity contribution < 1.29 is 9.59 Å². The maximum absolute atomic E-state index is 11.8. The fraction of sp³-hybridized carbons (Fsp3) is 0.429. The predicted molar refractivity (Wildman–Crippen MR) is 70.3 cm³/mol. The van der Waals surface area contributed by atoms with E-state index in [-0.39, 0.29) is 17.7 Å². The van der Waals surface area contributed by atoms with E-state index >= 15 is 0 Å². The van der Waals surface area contributed by atoms with E-state index in [1.807, 2.05) is 24.3 Å². The highest BCUT2D eigenvalue weighted by Crippen LogP contribution is 2.26. The van der Waals surface area contributed by atoms with Gasteiger partial charge in [0.15, 0.2) is 0 Å². The lowest BCUT2D eigenvalue weighted by Gasteiger charge is -2.21. The number of hydrogen-bond donors (Lipinski definition) is 2. The molecule has 4 nitrogen and oxygen atoms in total. The molecule has 1 heterocycles. The third-order valence-corrected chi connectivity index (χ3v) is 3.11. The zero-order valence-electron chi connectivity index (χ0n) is 10.5. The average Bonchev–Trinajstić information content (AvgIpc) is 2.36. The third-order valence-electron chi connectivity index (χ3n) is 3.11. The molecule has 2 amide bonds. The Morgan fingerprint density at radius 1 is 1.39 bits per heavy atom. The number of hydrogen-bond acceptors (Lipinski definition) is 3. The lowest BCUT2D eigenvalue weighted by molar-refractivity contribution is -0.134. The number of amides is 2. The molecular formula is C14H18N2O2. The maximum atomic E-state index is 11.8. The number of piperidine rings is 1. The van der Waals surface area contributed by atoms with Crippen LogP contribution in [0, 0.1) is 0 Å². The van der Waals surface area contributed by atoms with Gasteiger partial charge in [0.05, 0.1) is 5.92 Å². The van der Waals surface area contributed by atoms with E-state index in [4.69, 9.17) is 0 Å². The van der Waals surface area contributed by atoms with Gasteiger partial charge in [-0.15, -0.1) is 0 Å². The quantitative estimate of drug-likeness (QED) is 0.799. The van der Waals surface area contributed by atoms with Crippen molar-refractivity contribution >= 4 is 17.5 Å². The SMILES string of the molecule is CCCNc1cccc(C2CCC(=O)NC2=O)c1. The first-order valence-corrected chi connectivity index (χ1v) is 6.38. The second-order valence-corrected chi connectivity index (χ2v) is 4.56. The molecule has 18 heavy (non-hydrogen) atoms.